The maximum absolute atomic E-state index is 12.4. The summed E-state index contributed by atoms with van der Waals surface area (Å²) >= 11 is 0. The lowest BCUT2D eigenvalue weighted by Gasteiger charge is -2.14. The molecule has 1 aliphatic carbocycles. The molecule has 9 rings (SSSR count). The molecule has 0 atom stereocenters. The van der Waals surface area contributed by atoms with Crippen LogP contribution in [0, 0.1) is 0 Å². The number of hydrogen-bond acceptors (Lipinski definition) is 24. The van der Waals surface area contributed by atoms with Gasteiger partial charge in [-0.1, -0.05) is 103 Å². The van der Waals surface area contributed by atoms with Crippen LogP contribution >= 0.6 is 0 Å². The van der Waals surface area contributed by atoms with E-state index in [-0.39, 0.29) is 142 Å². The van der Waals surface area contributed by atoms with Crippen LogP contribution in [0.3, 0.4) is 0 Å². The van der Waals surface area contributed by atoms with Crippen LogP contribution in [-0.4, -0.2) is 180 Å². The van der Waals surface area contributed by atoms with Gasteiger partial charge in [-0.05, 0) is 95.1 Å². The Morgan fingerprint density at radius 3 is 1.04 bits per heavy atom. The van der Waals surface area contributed by atoms with Crippen LogP contribution in [0.5, 0.6) is 34.5 Å². The number of carbonyl (C=O) groups excluding carboxylic acids is 10. The number of rotatable bonds is 36. The fourth-order valence-electron chi connectivity index (χ4n) is 9.96. The molecule has 33 heteroatoms. The van der Waals surface area contributed by atoms with Gasteiger partial charge in [-0.3, -0.25) is 28.8 Å². The van der Waals surface area contributed by atoms with Crippen LogP contribution in [-0.2, 0) is 47.5 Å². The van der Waals surface area contributed by atoms with E-state index in [0.29, 0.717) is 32.9 Å². The number of halogens is 1. The number of benzene rings is 8. The number of quaternary nitrogens is 1. The second kappa shape index (κ2) is 44.4. The number of nitrogens with one attached hydrogen (secondary N) is 4. The summed E-state index contributed by atoms with van der Waals surface area (Å²) in [5, 5.41) is 41.2. The van der Waals surface area contributed by atoms with Gasteiger partial charge in [-0.2, -0.15) is 0 Å². The van der Waals surface area contributed by atoms with E-state index in [1.54, 1.807) is 54.6 Å². The molecule has 0 saturated carbocycles. The zero-order valence-electron chi connectivity index (χ0n) is 58.0. The highest BCUT2D eigenvalue weighted by atomic mass is 35.5. The van der Waals surface area contributed by atoms with Gasteiger partial charge in [-0.15, -0.1) is 0 Å². The zero-order valence-corrected chi connectivity index (χ0v) is 58.8. The van der Waals surface area contributed by atoms with Crippen LogP contribution in [0.15, 0.2) is 176 Å². The summed E-state index contributed by atoms with van der Waals surface area (Å²) in [7, 11) is 0. The molecule has 0 bridgehead atoms. The highest BCUT2D eigenvalue weighted by molar-refractivity contribution is 6.06. The van der Waals surface area contributed by atoms with Gasteiger partial charge >= 0.3 is 24.0 Å². The molecule has 0 aliphatic heterocycles. The van der Waals surface area contributed by atoms with Crippen molar-refractivity contribution >= 4 is 76.5 Å². The number of carbonyl (C=O) groups is 10. The van der Waals surface area contributed by atoms with Crippen LogP contribution < -0.4 is 76.6 Å². The number of primary amides is 3. The Labute approximate surface area is 624 Å². The maximum Gasteiger partial charge on any atom is 0.407 e. The van der Waals surface area contributed by atoms with Crippen molar-refractivity contribution < 1.29 is 129 Å². The molecular formula is C75H80ClN9O23. The molecule has 0 aromatic heterocycles. The highest BCUT2D eigenvalue weighted by Gasteiger charge is 2.30. The molecule has 0 heterocycles. The average molecular weight is 1510 g/mol. The van der Waals surface area contributed by atoms with E-state index >= 15 is 0 Å². The number of anilines is 3. The number of phenols is 3. The smallest absolute Gasteiger partial charge is 0.407 e. The van der Waals surface area contributed by atoms with Gasteiger partial charge in [0.05, 0.1) is 99.8 Å². The third-order valence-electron chi connectivity index (χ3n) is 14.8. The van der Waals surface area contributed by atoms with Crippen LogP contribution in [0.4, 0.5) is 21.9 Å². The van der Waals surface area contributed by atoms with Crippen molar-refractivity contribution in [3.63, 3.8) is 0 Å². The number of fused-ring (bicyclic) bond motifs is 3. The summed E-state index contributed by atoms with van der Waals surface area (Å²) in [6.45, 7) is 2.79. The number of hydrogen-bond donors (Lipinski definition) is 12. The Bertz CT molecular complexity index is 4200. The summed E-state index contributed by atoms with van der Waals surface area (Å²) in [4.78, 5) is 121. The number of esters is 3. The summed E-state index contributed by atoms with van der Waals surface area (Å²) in [6, 6.07) is 48.0. The van der Waals surface area contributed by atoms with E-state index in [1.807, 2.05) is 24.3 Å². The molecule has 1 aliphatic rings. The molecule has 8 aromatic carbocycles. The topological polar surface area (TPSA) is 504 Å². The molecule has 0 spiro atoms. The minimum Gasteiger partial charge on any atom is -1.00 e. The number of aromatic hydroxyl groups is 3. The molecule has 0 radical (unpaired) electrons. The van der Waals surface area contributed by atoms with Crippen molar-refractivity contribution in [2.45, 2.75) is 5.92 Å². The first kappa shape index (κ1) is 84.6. The van der Waals surface area contributed by atoms with Gasteiger partial charge in [0, 0.05) is 19.0 Å². The Morgan fingerprint density at radius 1 is 0.389 bits per heavy atom. The fraction of sp³-hybridized carbons (Fsp3) is 0.227. The van der Waals surface area contributed by atoms with E-state index in [9.17, 15) is 63.3 Å². The van der Waals surface area contributed by atoms with Crippen molar-refractivity contribution in [2.24, 2.45) is 22.9 Å². The summed E-state index contributed by atoms with van der Waals surface area (Å²) < 4.78 is 52.4. The molecule has 108 heavy (non-hydrogen) atoms. The molecule has 0 unspecified atom stereocenters. The molecule has 0 saturated heterocycles. The lowest BCUT2D eigenvalue weighted by Crippen LogP contribution is -3.00. The summed E-state index contributed by atoms with van der Waals surface area (Å²) in [6.07, 6.45) is -0.548. The lowest BCUT2D eigenvalue weighted by molar-refractivity contribution is -0.374. The molecule has 7 amide bonds. The van der Waals surface area contributed by atoms with Gasteiger partial charge in [0.15, 0.2) is 17.2 Å². The Morgan fingerprint density at radius 2 is 0.704 bits per heavy atom. The third kappa shape index (κ3) is 25.8. The fourth-order valence-corrected chi connectivity index (χ4v) is 9.96. The highest BCUT2D eigenvalue weighted by Crippen LogP contribution is 2.45. The van der Waals surface area contributed by atoms with Gasteiger partial charge in [0.2, 0.25) is 17.7 Å². The second-order valence-electron chi connectivity index (χ2n) is 22.4. The first-order valence-electron chi connectivity index (χ1n) is 32.9. The van der Waals surface area contributed by atoms with Crippen LogP contribution in [0.1, 0.15) is 79.2 Å². The molecule has 8 aromatic rings. The number of alkyl carbamates (subject to hydrolysis) is 1. The predicted octanol–water partition coefficient (Wildman–Crippen LogP) is 1.79. The molecule has 0 fully saturated rings. The first-order chi connectivity index (χ1) is 51.7. The van der Waals surface area contributed by atoms with Crippen molar-refractivity contribution in [3.05, 3.63) is 220 Å². The van der Waals surface area contributed by atoms with Gasteiger partial charge in [0.25, 0.3) is 17.7 Å². The molecule has 32 nitrogen and oxygen atoms in total. The SMILES string of the molecule is NC(=O)c1c(OC(=O)c2ccccc2)ccc(NC(=O)COCCOCCNC(=O)OCC2c3ccccc3-c3ccccc32)c1O.NC(=O)c1c(OC(=O)c2ccccc2)ccc(NC(=O)COCCOCC[NH3+])c1O.NCCOCCOCC(=O)Nc1ccc(OC(=O)c2ccccc2)c(C(N)=O)c1O.[Cl-]. The minimum absolute atomic E-state index is 0. The summed E-state index contributed by atoms with van der Waals surface area (Å²) in [5.74, 6) is -9.77. The van der Waals surface area contributed by atoms with Crippen molar-refractivity contribution in [1.29, 1.82) is 0 Å². The van der Waals surface area contributed by atoms with Gasteiger partial charge in [0.1, 0.15) is 60.4 Å². The Hall–Kier alpha value is -12.4. The largest absolute Gasteiger partial charge is 1.00 e. The third-order valence-corrected chi connectivity index (χ3v) is 14.8. The Balaban J connectivity index is 0.000000263. The van der Waals surface area contributed by atoms with E-state index in [4.69, 9.17) is 70.3 Å². The van der Waals surface area contributed by atoms with Crippen LogP contribution in [0.2, 0.25) is 0 Å². The number of amides is 7. The maximum atomic E-state index is 12.4. The first-order valence-corrected chi connectivity index (χ1v) is 32.9. The van der Waals surface area contributed by atoms with E-state index in [0.717, 1.165) is 22.3 Å². The lowest BCUT2D eigenvalue weighted by atomic mass is 9.98. The zero-order chi connectivity index (χ0) is 77.0. The monoisotopic (exact) mass is 1510 g/mol. The van der Waals surface area contributed by atoms with E-state index < -0.39 is 93.4 Å². The molecular weight excluding hydrogens is 1430 g/mol. The molecule has 18 N–H and O–H groups in total. The van der Waals surface area contributed by atoms with Gasteiger partial charge < -0.3 is 125 Å². The van der Waals surface area contributed by atoms with E-state index in [1.165, 1.54) is 72.8 Å². The van der Waals surface area contributed by atoms with Crippen molar-refractivity contribution in [3.8, 4) is 45.6 Å². The van der Waals surface area contributed by atoms with Crippen LogP contribution in [0.25, 0.3) is 11.1 Å². The van der Waals surface area contributed by atoms with Crippen molar-refractivity contribution in [2.75, 3.05) is 121 Å². The van der Waals surface area contributed by atoms with Crippen molar-refractivity contribution in [1.82, 2.24) is 5.32 Å². The average Bonchev–Trinajstić information content (AvgIpc) is 1.60. The molecule has 570 valence electrons. The quantitative estimate of drug-likeness (QED) is 0.0115. The van der Waals surface area contributed by atoms with Gasteiger partial charge in [-0.25, -0.2) is 19.2 Å². The minimum atomic E-state index is -1.06. The van der Waals surface area contributed by atoms with E-state index in [2.05, 4.69) is 51.3 Å². The summed E-state index contributed by atoms with van der Waals surface area (Å²) in [5.41, 5.74) is 28.6. The predicted molar refractivity (Wildman–Crippen MR) is 385 cm³/mol. The second-order valence-corrected chi connectivity index (χ2v) is 22.4. The Kier molecular flexibility index (Phi) is 34.8. The number of nitrogens with two attached hydrogens (primary N) is 4. The normalized spacial score (nSPS) is 10.9. The number of ether oxygens (including phenoxy) is 10. The standard InChI is InChI=1S/C35H33N3O9.2C20H23N3O7.ClH/c36-33(41)31-29(47-34(42)22-8-2-1-3-9-22)15-14-28(32(31)40)38-30(39)21-45-19-18-44-17-16-37-35(43)46-20-27-25-12-6-4-10-23(25)24-11-5-7-13-26(24)27;2*21-8-9-28-10-11-29-12-16(24)23-14-6-7-15(17(18(14)25)19(22)26)30-20(27)13-4-2-1-3-5-13;/h1-15,27,40H,16-21H2,(H2,36,41)(H,37,43)(H,38,39);2*1-7,25H,8-12,21H2,(H2,22,26)(H,23,24);1H.